The van der Waals surface area contributed by atoms with E-state index in [1.54, 1.807) is 42.5 Å². The van der Waals surface area contributed by atoms with Crippen molar-refractivity contribution < 1.29 is 9.53 Å². The zero-order chi connectivity index (χ0) is 19.9. The van der Waals surface area contributed by atoms with Crippen LogP contribution < -0.4 is 15.4 Å². The molecule has 3 aromatic rings. The molecule has 0 fully saturated rings. The van der Waals surface area contributed by atoms with Gasteiger partial charge in [0, 0.05) is 11.8 Å². The SMILES string of the molecule is CC(C)Oc1ccc(NC(=O)c2cc(Nc3ccccc3C#N)ncn2)cc1. The van der Waals surface area contributed by atoms with Gasteiger partial charge in [0.2, 0.25) is 0 Å². The number of carbonyl (C=O) groups excluding carboxylic acids is 1. The smallest absolute Gasteiger partial charge is 0.274 e. The Morgan fingerprint density at radius 1 is 1.11 bits per heavy atom. The van der Waals surface area contributed by atoms with Gasteiger partial charge in [0.25, 0.3) is 5.91 Å². The Morgan fingerprint density at radius 3 is 2.57 bits per heavy atom. The summed E-state index contributed by atoms with van der Waals surface area (Å²) in [6, 6.07) is 17.8. The van der Waals surface area contributed by atoms with Crippen molar-refractivity contribution in [2.24, 2.45) is 0 Å². The monoisotopic (exact) mass is 373 g/mol. The lowest BCUT2D eigenvalue weighted by Gasteiger charge is -2.11. The van der Waals surface area contributed by atoms with Gasteiger partial charge in [0.1, 0.15) is 29.7 Å². The summed E-state index contributed by atoms with van der Waals surface area (Å²) in [7, 11) is 0. The zero-order valence-corrected chi connectivity index (χ0v) is 15.5. The van der Waals surface area contributed by atoms with E-state index >= 15 is 0 Å². The van der Waals surface area contributed by atoms with Crippen molar-refractivity contribution in [1.29, 1.82) is 5.26 Å². The minimum atomic E-state index is -0.364. The van der Waals surface area contributed by atoms with Crippen molar-refractivity contribution in [2.75, 3.05) is 10.6 Å². The number of nitrogens with one attached hydrogen (secondary N) is 2. The number of anilines is 3. The maximum atomic E-state index is 12.5. The van der Waals surface area contributed by atoms with Crippen molar-refractivity contribution in [3.63, 3.8) is 0 Å². The van der Waals surface area contributed by atoms with Gasteiger partial charge < -0.3 is 15.4 Å². The molecule has 1 amide bonds. The lowest BCUT2D eigenvalue weighted by Crippen LogP contribution is -2.14. The third kappa shape index (κ3) is 4.83. The van der Waals surface area contributed by atoms with Crippen molar-refractivity contribution in [3.8, 4) is 11.8 Å². The number of ether oxygens (including phenoxy) is 1. The summed E-state index contributed by atoms with van der Waals surface area (Å²) in [5, 5.41) is 15.0. The van der Waals surface area contributed by atoms with E-state index in [4.69, 9.17) is 4.74 Å². The number of carbonyl (C=O) groups is 1. The minimum absolute atomic E-state index is 0.0820. The van der Waals surface area contributed by atoms with Crippen LogP contribution in [0.25, 0.3) is 0 Å². The first kappa shape index (κ1) is 18.9. The van der Waals surface area contributed by atoms with Crippen LogP contribution in [-0.2, 0) is 0 Å². The Kier molecular flexibility index (Phi) is 5.82. The molecular weight excluding hydrogens is 354 g/mol. The Morgan fingerprint density at radius 2 is 1.86 bits per heavy atom. The van der Waals surface area contributed by atoms with E-state index in [0.717, 1.165) is 5.75 Å². The van der Waals surface area contributed by atoms with Gasteiger partial charge in [0.05, 0.1) is 17.4 Å². The molecule has 7 nitrogen and oxygen atoms in total. The predicted octanol–water partition coefficient (Wildman–Crippen LogP) is 4.13. The maximum Gasteiger partial charge on any atom is 0.274 e. The molecule has 0 spiro atoms. The highest BCUT2D eigenvalue weighted by Gasteiger charge is 2.11. The Balaban J connectivity index is 1.71. The molecule has 0 aliphatic heterocycles. The third-order valence-corrected chi connectivity index (χ3v) is 3.69. The molecule has 7 heteroatoms. The summed E-state index contributed by atoms with van der Waals surface area (Å²) >= 11 is 0. The number of para-hydroxylation sites is 1. The fourth-order valence-corrected chi connectivity index (χ4v) is 2.46. The Labute approximate surface area is 163 Å². The molecule has 0 saturated carbocycles. The minimum Gasteiger partial charge on any atom is -0.491 e. The first-order valence-electron chi connectivity index (χ1n) is 8.71. The first-order valence-corrected chi connectivity index (χ1v) is 8.71. The van der Waals surface area contributed by atoms with E-state index in [1.165, 1.54) is 12.4 Å². The van der Waals surface area contributed by atoms with Gasteiger partial charge >= 0.3 is 0 Å². The van der Waals surface area contributed by atoms with Crippen LogP contribution in [0, 0.1) is 11.3 Å². The van der Waals surface area contributed by atoms with Crippen LogP contribution in [0.3, 0.4) is 0 Å². The van der Waals surface area contributed by atoms with Gasteiger partial charge in [-0.2, -0.15) is 5.26 Å². The van der Waals surface area contributed by atoms with Crippen LogP contribution in [0.5, 0.6) is 5.75 Å². The van der Waals surface area contributed by atoms with Crippen LogP contribution in [0.4, 0.5) is 17.2 Å². The van der Waals surface area contributed by atoms with Gasteiger partial charge in [-0.25, -0.2) is 9.97 Å². The van der Waals surface area contributed by atoms with Gasteiger partial charge in [-0.05, 0) is 50.2 Å². The molecule has 0 bridgehead atoms. The van der Waals surface area contributed by atoms with Crippen LogP contribution in [0.15, 0.2) is 60.9 Å². The van der Waals surface area contributed by atoms with E-state index in [0.29, 0.717) is 22.8 Å². The van der Waals surface area contributed by atoms with Crippen LogP contribution in [0.1, 0.15) is 29.9 Å². The zero-order valence-electron chi connectivity index (χ0n) is 15.5. The highest BCUT2D eigenvalue weighted by atomic mass is 16.5. The van der Waals surface area contributed by atoms with E-state index in [2.05, 4.69) is 26.7 Å². The van der Waals surface area contributed by atoms with E-state index in [9.17, 15) is 10.1 Å². The normalized spacial score (nSPS) is 10.2. The molecule has 1 heterocycles. The van der Waals surface area contributed by atoms with Crippen molar-refractivity contribution >= 4 is 23.1 Å². The topological polar surface area (TPSA) is 99.9 Å². The van der Waals surface area contributed by atoms with Crippen LogP contribution >= 0.6 is 0 Å². The Hall–Kier alpha value is -3.92. The lowest BCUT2D eigenvalue weighted by molar-refractivity contribution is 0.102. The van der Waals surface area contributed by atoms with Crippen molar-refractivity contribution in [2.45, 2.75) is 20.0 Å². The predicted molar refractivity (Wildman–Crippen MR) is 107 cm³/mol. The summed E-state index contributed by atoms with van der Waals surface area (Å²) in [4.78, 5) is 20.6. The fourth-order valence-electron chi connectivity index (χ4n) is 2.46. The number of rotatable bonds is 6. The molecule has 0 radical (unpaired) electrons. The molecule has 0 unspecified atom stereocenters. The summed E-state index contributed by atoms with van der Waals surface area (Å²) in [6.45, 7) is 3.90. The van der Waals surface area contributed by atoms with Gasteiger partial charge in [-0.1, -0.05) is 12.1 Å². The first-order chi connectivity index (χ1) is 13.5. The number of hydrogen-bond acceptors (Lipinski definition) is 6. The second-order valence-electron chi connectivity index (χ2n) is 6.22. The highest BCUT2D eigenvalue weighted by molar-refractivity contribution is 6.03. The molecule has 2 aromatic carbocycles. The molecule has 2 N–H and O–H groups in total. The maximum absolute atomic E-state index is 12.5. The number of hydrogen-bond donors (Lipinski definition) is 2. The van der Waals surface area contributed by atoms with E-state index in [-0.39, 0.29) is 17.7 Å². The average molecular weight is 373 g/mol. The molecule has 28 heavy (non-hydrogen) atoms. The van der Waals surface area contributed by atoms with Gasteiger partial charge in [0.15, 0.2) is 0 Å². The second-order valence-corrected chi connectivity index (χ2v) is 6.22. The second kappa shape index (κ2) is 8.64. The molecule has 1 aromatic heterocycles. The fraction of sp³-hybridized carbons (Fsp3) is 0.143. The highest BCUT2D eigenvalue weighted by Crippen LogP contribution is 2.20. The van der Waals surface area contributed by atoms with Crippen LogP contribution in [0.2, 0.25) is 0 Å². The van der Waals surface area contributed by atoms with E-state index < -0.39 is 0 Å². The quantitative estimate of drug-likeness (QED) is 0.674. The number of aromatic nitrogens is 2. The standard InChI is InChI=1S/C21H19N5O2/c1-14(2)28-17-9-7-16(8-10-17)25-21(27)19-11-20(24-13-23-19)26-18-6-4-3-5-15(18)12-22/h3-11,13-14H,1-2H3,(H,25,27)(H,23,24,26). The molecule has 140 valence electrons. The summed E-state index contributed by atoms with van der Waals surface area (Å²) in [5.74, 6) is 0.790. The number of nitriles is 1. The average Bonchev–Trinajstić information content (AvgIpc) is 2.70. The molecule has 0 saturated heterocycles. The molecule has 3 rings (SSSR count). The molecular formula is C21H19N5O2. The lowest BCUT2D eigenvalue weighted by atomic mass is 10.2. The van der Waals surface area contributed by atoms with Gasteiger partial charge in [-0.15, -0.1) is 0 Å². The Bertz CT molecular complexity index is 1010. The molecule has 0 aliphatic carbocycles. The largest absolute Gasteiger partial charge is 0.491 e. The summed E-state index contributed by atoms with van der Waals surface area (Å²) < 4.78 is 5.59. The number of nitrogens with zero attached hydrogens (tertiary/aromatic N) is 3. The molecule has 0 atom stereocenters. The van der Waals surface area contributed by atoms with Gasteiger partial charge in [-0.3, -0.25) is 4.79 Å². The summed E-state index contributed by atoms with van der Waals surface area (Å²) in [6.07, 6.45) is 1.38. The van der Waals surface area contributed by atoms with E-state index in [1.807, 2.05) is 19.9 Å². The van der Waals surface area contributed by atoms with Crippen molar-refractivity contribution in [1.82, 2.24) is 9.97 Å². The number of benzene rings is 2. The molecule has 0 aliphatic rings. The summed E-state index contributed by atoms with van der Waals surface area (Å²) in [5.41, 5.74) is 1.92. The number of amides is 1. The van der Waals surface area contributed by atoms with Crippen molar-refractivity contribution in [3.05, 3.63) is 72.2 Å². The van der Waals surface area contributed by atoms with Crippen LogP contribution in [-0.4, -0.2) is 22.0 Å². The third-order valence-electron chi connectivity index (χ3n) is 3.69.